The monoisotopic (exact) mass is 258 g/mol. The molecule has 0 aliphatic rings. The average molecular weight is 258 g/mol. The van der Waals surface area contributed by atoms with E-state index in [1.165, 1.54) is 0 Å². The number of amides is 1. The maximum Gasteiger partial charge on any atom is 0.244 e. The van der Waals surface area contributed by atoms with Crippen LogP contribution in [0.15, 0.2) is 48.0 Å². The van der Waals surface area contributed by atoms with E-state index < -0.39 is 0 Å². The molecular formula is C14H14N2OS. The van der Waals surface area contributed by atoms with Gasteiger partial charge in [-0.25, -0.2) is 0 Å². The molecule has 0 unspecified atom stereocenters. The molecule has 0 saturated carbocycles. The van der Waals surface area contributed by atoms with Crippen LogP contribution in [0.3, 0.4) is 0 Å². The SMILES string of the molecule is O=C(C=Cc1cccs1)NCCc1ccccn1. The molecule has 0 radical (unpaired) electrons. The van der Waals surface area contributed by atoms with Gasteiger partial charge < -0.3 is 5.32 Å². The van der Waals surface area contributed by atoms with E-state index in [1.807, 2.05) is 41.8 Å². The summed E-state index contributed by atoms with van der Waals surface area (Å²) in [4.78, 5) is 16.8. The van der Waals surface area contributed by atoms with Crippen molar-refractivity contribution in [3.63, 3.8) is 0 Å². The van der Waals surface area contributed by atoms with Crippen molar-refractivity contribution in [3.05, 3.63) is 58.6 Å². The van der Waals surface area contributed by atoms with Crippen LogP contribution in [0.1, 0.15) is 10.6 Å². The number of pyridine rings is 1. The molecule has 1 N–H and O–H groups in total. The van der Waals surface area contributed by atoms with Crippen molar-refractivity contribution in [1.82, 2.24) is 10.3 Å². The second kappa shape index (κ2) is 6.71. The molecule has 18 heavy (non-hydrogen) atoms. The predicted molar refractivity (Wildman–Crippen MR) is 74.3 cm³/mol. The first-order chi connectivity index (χ1) is 8.84. The van der Waals surface area contributed by atoms with Crippen LogP contribution in [0.2, 0.25) is 0 Å². The van der Waals surface area contributed by atoms with Gasteiger partial charge in [0.15, 0.2) is 0 Å². The summed E-state index contributed by atoms with van der Waals surface area (Å²) < 4.78 is 0. The van der Waals surface area contributed by atoms with Gasteiger partial charge in [0, 0.05) is 35.8 Å². The topological polar surface area (TPSA) is 42.0 Å². The molecule has 2 heterocycles. The van der Waals surface area contributed by atoms with Crippen LogP contribution in [0.25, 0.3) is 6.08 Å². The molecule has 0 spiro atoms. The van der Waals surface area contributed by atoms with Crippen LogP contribution in [0.4, 0.5) is 0 Å². The van der Waals surface area contributed by atoms with E-state index in [2.05, 4.69) is 10.3 Å². The molecule has 0 saturated heterocycles. The third-order valence-electron chi connectivity index (χ3n) is 2.35. The van der Waals surface area contributed by atoms with Gasteiger partial charge in [-0.3, -0.25) is 9.78 Å². The Morgan fingerprint density at radius 2 is 2.28 bits per heavy atom. The summed E-state index contributed by atoms with van der Waals surface area (Å²) in [5.74, 6) is -0.0701. The third kappa shape index (κ3) is 4.14. The van der Waals surface area contributed by atoms with E-state index in [0.717, 1.165) is 17.0 Å². The first-order valence-electron chi connectivity index (χ1n) is 5.74. The molecule has 0 aromatic carbocycles. The van der Waals surface area contributed by atoms with Crippen molar-refractivity contribution >= 4 is 23.3 Å². The summed E-state index contributed by atoms with van der Waals surface area (Å²) in [7, 11) is 0. The van der Waals surface area contributed by atoms with Gasteiger partial charge in [0.05, 0.1) is 0 Å². The summed E-state index contributed by atoms with van der Waals surface area (Å²) in [5, 5.41) is 4.82. The fourth-order valence-electron chi connectivity index (χ4n) is 1.46. The number of carbonyl (C=O) groups is 1. The minimum Gasteiger partial charge on any atom is -0.352 e. The van der Waals surface area contributed by atoms with E-state index in [4.69, 9.17) is 0 Å². The van der Waals surface area contributed by atoms with Crippen LogP contribution in [-0.4, -0.2) is 17.4 Å². The van der Waals surface area contributed by atoms with Gasteiger partial charge in [-0.1, -0.05) is 12.1 Å². The number of rotatable bonds is 5. The minimum atomic E-state index is -0.0701. The zero-order valence-electron chi connectivity index (χ0n) is 9.87. The van der Waals surface area contributed by atoms with Crippen molar-refractivity contribution in [1.29, 1.82) is 0 Å². The number of hydrogen-bond acceptors (Lipinski definition) is 3. The van der Waals surface area contributed by atoms with Gasteiger partial charge in [-0.05, 0) is 29.7 Å². The molecule has 0 aliphatic heterocycles. The number of carbonyl (C=O) groups excluding carboxylic acids is 1. The van der Waals surface area contributed by atoms with Crippen molar-refractivity contribution in [2.45, 2.75) is 6.42 Å². The summed E-state index contributed by atoms with van der Waals surface area (Å²) in [6, 6.07) is 9.71. The van der Waals surface area contributed by atoms with Gasteiger partial charge in [0.2, 0.25) is 5.91 Å². The Morgan fingerprint density at radius 1 is 1.33 bits per heavy atom. The highest BCUT2D eigenvalue weighted by Crippen LogP contribution is 2.09. The van der Waals surface area contributed by atoms with Crippen molar-refractivity contribution in [3.8, 4) is 0 Å². The highest BCUT2D eigenvalue weighted by Gasteiger charge is 1.97. The van der Waals surface area contributed by atoms with E-state index in [0.29, 0.717) is 6.54 Å². The molecule has 0 aliphatic carbocycles. The lowest BCUT2D eigenvalue weighted by Crippen LogP contribution is -2.23. The number of nitrogens with one attached hydrogen (secondary N) is 1. The molecule has 2 aromatic heterocycles. The molecule has 1 amide bonds. The molecule has 4 heteroatoms. The van der Waals surface area contributed by atoms with Gasteiger partial charge in [-0.15, -0.1) is 11.3 Å². The van der Waals surface area contributed by atoms with Crippen molar-refractivity contribution in [2.24, 2.45) is 0 Å². The average Bonchev–Trinajstić information content (AvgIpc) is 2.91. The van der Waals surface area contributed by atoms with Crippen LogP contribution < -0.4 is 5.32 Å². The highest BCUT2D eigenvalue weighted by molar-refractivity contribution is 7.10. The third-order valence-corrected chi connectivity index (χ3v) is 3.19. The molecule has 0 bridgehead atoms. The van der Waals surface area contributed by atoms with E-state index in [-0.39, 0.29) is 5.91 Å². The number of aromatic nitrogens is 1. The van der Waals surface area contributed by atoms with Crippen LogP contribution in [-0.2, 0) is 11.2 Å². The Kier molecular flexibility index (Phi) is 4.67. The maximum absolute atomic E-state index is 11.5. The standard InChI is InChI=1S/C14H14N2OS/c17-14(7-6-13-5-3-11-18-13)16-10-8-12-4-1-2-9-15-12/h1-7,9,11H,8,10H2,(H,16,17). The predicted octanol–water partition coefficient (Wildman–Crippen LogP) is 2.52. The molecule has 0 atom stereocenters. The smallest absolute Gasteiger partial charge is 0.244 e. The largest absolute Gasteiger partial charge is 0.352 e. The summed E-state index contributed by atoms with van der Waals surface area (Å²) in [6.45, 7) is 0.602. The van der Waals surface area contributed by atoms with Gasteiger partial charge in [0.25, 0.3) is 0 Å². The first kappa shape index (κ1) is 12.5. The van der Waals surface area contributed by atoms with Crippen LogP contribution in [0, 0.1) is 0 Å². The molecule has 3 nitrogen and oxygen atoms in total. The molecule has 92 valence electrons. The number of nitrogens with zero attached hydrogens (tertiary/aromatic N) is 1. The lowest BCUT2D eigenvalue weighted by molar-refractivity contribution is -0.116. The normalized spacial score (nSPS) is 10.7. The van der Waals surface area contributed by atoms with E-state index >= 15 is 0 Å². The lowest BCUT2D eigenvalue weighted by atomic mass is 10.3. The van der Waals surface area contributed by atoms with Crippen molar-refractivity contribution in [2.75, 3.05) is 6.54 Å². The first-order valence-corrected chi connectivity index (χ1v) is 6.62. The fourth-order valence-corrected chi connectivity index (χ4v) is 2.08. The van der Waals surface area contributed by atoms with Crippen LogP contribution in [0.5, 0.6) is 0 Å². The second-order valence-corrected chi connectivity index (χ2v) is 4.69. The molecule has 2 aromatic rings. The Labute approximate surface area is 110 Å². The summed E-state index contributed by atoms with van der Waals surface area (Å²) in [5.41, 5.74) is 0.986. The summed E-state index contributed by atoms with van der Waals surface area (Å²) in [6.07, 6.45) is 5.89. The summed E-state index contributed by atoms with van der Waals surface area (Å²) >= 11 is 1.61. The van der Waals surface area contributed by atoms with Gasteiger partial charge in [-0.2, -0.15) is 0 Å². The zero-order chi connectivity index (χ0) is 12.6. The Hall–Kier alpha value is -1.94. The lowest BCUT2D eigenvalue weighted by Gasteiger charge is -2.01. The second-order valence-electron chi connectivity index (χ2n) is 3.71. The number of hydrogen-bond donors (Lipinski definition) is 1. The number of thiophene rings is 1. The quantitative estimate of drug-likeness (QED) is 0.837. The molecular weight excluding hydrogens is 244 g/mol. The zero-order valence-corrected chi connectivity index (χ0v) is 10.7. The van der Waals surface area contributed by atoms with Crippen molar-refractivity contribution < 1.29 is 4.79 Å². The molecule has 2 rings (SSSR count). The molecule has 0 fully saturated rings. The highest BCUT2D eigenvalue weighted by atomic mass is 32.1. The Balaban J connectivity index is 1.72. The van der Waals surface area contributed by atoms with E-state index in [9.17, 15) is 4.79 Å². The van der Waals surface area contributed by atoms with E-state index in [1.54, 1.807) is 23.6 Å². The Morgan fingerprint density at radius 3 is 3.00 bits per heavy atom. The maximum atomic E-state index is 11.5. The fraction of sp³-hybridized carbons (Fsp3) is 0.143. The Bertz CT molecular complexity index is 506. The van der Waals surface area contributed by atoms with Gasteiger partial charge in [0.1, 0.15) is 0 Å². The van der Waals surface area contributed by atoms with Gasteiger partial charge >= 0.3 is 0 Å². The minimum absolute atomic E-state index is 0.0701. The van der Waals surface area contributed by atoms with Crippen LogP contribution >= 0.6 is 11.3 Å².